The number of carbonyl (C=O) groups excluding carboxylic acids is 1. The summed E-state index contributed by atoms with van der Waals surface area (Å²) in [5.74, 6) is 1.21. The Labute approximate surface area is 156 Å². The fourth-order valence-corrected chi connectivity index (χ4v) is 3.04. The zero-order chi connectivity index (χ0) is 19.6. The van der Waals surface area contributed by atoms with E-state index in [-0.39, 0.29) is 18.3 Å². The maximum atomic E-state index is 12.4. The van der Waals surface area contributed by atoms with Gasteiger partial charge in [0.15, 0.2) is 0 Å². The Bertz CT molecular complexity index is 1020. The first kappa shape index (κ1) is 18.7. The summed E-state index contributed by atoms with van der Waals surface area (Å²) in [6, 6.07) is 7.66. The molecule has 142 valence electrons. The number of furan rings is 1. The minimum absolute atomic E-state index is 0.148. The van der Waals surface area contributed by atoms with E-state index in [9.17, 15) is 9.59 Å². The lowest BCUT2D eigenvalue weighted by Crippen LogP contribution is -2.30. The fourth-order valence-electron chi connectivity index (χ4n) is 3.04. The Morgan fingerprint density at radius 1 is 1.26 bits per heavy atom. The highest BCUT2D eigenvalue weighted by Crippen LogP contribution is 2.28. The van der Waals surface area contributed by atoms with Crippen LogP contribution in [-0.4, -0.2) is 41.7 Å². The van der Waals surface area contributed by atoms with E-state index in [4.69, 9.17) is 9.15 Å². The zero-order valence-electron chi connectivity index (χ0n) is 15.8. The topological polar surface area (TPSA) is 100 Å². The molecule has 1 amide bonds. The van der Waals surface area contributed by atoms with Crippen LogP contribution in [0.25, 0.3) is 10.8 Å². The molecule has 0 atom stereocenters. The molecule has 27 heavy (non-hydrogen) atoms. The van der Waals surface area contributed by atoms with Crippen LogP contribution < -0.4 is 15.6 Å². The summed E-state index contributed by atoms with van der Waals surface area (Å²) in [6.07, 6.45) is 0. The molecule has 0 aliphatic heterocycles. The number of hydrogen-bond acceptors (Lipinski definition) is 6. The largest absolute Gasteiger partial charge is 0.497 e. The minimum atomic E-state index is -0.394. The minimum Gasteiger partial charge on any atom is -0.497 e. The summed E-state index contributed by atoms with van der Waals surface area (Å²) in [5, 5.41) is 9.99. The van der Waals surface area contributed by atoms with Crippen LogP contribution in [0.5, 0.6) is 5.75 Å². The summed E-state index contributed by atoms with van der Waals surface area (Å²) in [7, 11) is 3.46. The van der Waals surface area contributed by atoms with Crippen LogP contribution in [0.4, 0.5) is 5.88 Å². The number of H-pyrrole nitrogens is 1. The third kappa shape index (κ3) is 4.01. The molecule has 0 unspecified atom stereocenters. The normalized spacial score (nSPS) is 11.1. The van der Waals surface area contributed by atoms with Gasteiger partial charge in [0.25, 0.3) is 5.56 Å². The molecule has 8 heteroatoms. The lowest BCUT2D eigenvalue weighted by Gasteiger charge is -2.16. The Morgan fingerprint density at radius 3 is 2.63 bits per heavy atom. The molecule has 3 rings (SSSR count). The van der Waals surface area contributed by atoms with E-state index in [0.717, 1.165) is 11.3 Å². The highest BCUT2D eigenvalue weighted by molar-refractivity contribution is 6.01. The number of aromatic amines is 1. The number of methoxy groups -OCH3 is 1. The van der Waals surface area contributed by atoms with Gasteiger partial charge in [-0.15, -0.1) is 0 Å². The highest BCUT2D eigenvalue weighted by Gasteiger charge is 2.19. The van der Waals surface area contributed by atoms with Crippen LogP contribution in [-0.2, 0) is 11.3 Å². The van der Waals surface area contributed by atoms with Gasteiger partial charge in [0.1, 0.15) is 16.9 Å². The molecule has 0 aliphatic carbocycles. The van der Waals surface area contributed by atoms with Crippen LogP contribution in [0.1, 0.15) is 17.0 Å². The van der Waals surface area contributed by atoms with E-state index in [1.807, 2.05) is 36.2 Å². The van der Waals surface area contributed by atoms with Crippen molar-refractivity contribution in [2.75, 3.05) is 26.0 Å². The van der Waals surface area contributed by atoms with E-state index in [1.54, 1.807) is 21.0 Å². The van der Waals surface area contributed by atoms with Gasteiger partial charge < -0.3 is 9.15 Å². The van der Waals surface area contributed by atoms with E-state index in [1.165, 1.54) is 0 Å². The van der Waals surface area contributed by atoms with Gasteiger partial charge >= 0.3 is 0 Å². The number of fused-ring (bicyclic) bond motifs is 1. The number of aryl methyl sites for hydroxylation is 2. The molecular weight excluding hydrogens is 348 g/mol. The number of benzene rings is 1. The molecule has 8 nitrogen and oxygen atoms in total. The van der Waals surface area contributed by atoms with Crippen LogP contribution in [0.15, 0.2) is 33.5 Å². The molecule has 3 aromatic rings. The molecule has 0 aliphatic rings. The van der Waals surface area contributed by atoms with E-state index in [2.05, 4.69) is 15.5 Å². The number of carbonyl (C=O) groups is 1. The zero-order valence-corrected chi connectivity index (χ0v) is 15.8. The third-order valence-corrected chi connectivity index (χ3v) is 4.28. The number of likely N-dealkylation sites (N-methyl/N-ethyl adjacent to an activating group) is 1. The molecular formula is C19H22N4O4. The number of amides is 1. The first-order chi connectivity index (χ1) is 12.9. The van der Waals surface area contributed by atoms with E-state index in [0.29, 0.717) is 28.8 Å². The first-order valence-corrected chi connectivity index (χ1v) is 8.48. The lowest BCUT2D eigenvalue weighted by molar-refractivity contribution is -0.117. The highest BCUT2D eigenvalue weighted by atomic mass is 16.5. The van der Waals surface area contributed by atoms with Crippen molar-refractivity contribution in [3.8, 4) is 5.75 Å². The third-order valence-electron chi connectivity index (χ3n) is 4.28. The van der Waals surface area contributed by atoms with Gasteiger partial charge in [0.05, 0.1) is 24.7 Å². The average Bonchev–Trinajstić information content (AvgIpc) is 2.95. The number of nitrogens with one attached hydrogen (secondary N) is 2. The number of rotatable bonds is 6. The van der Waals surface area contributed by atoms with Gasteiger partial charge in [-0.3, -0.25) is 19.8 Å². The number of ether oxygens (including phenoxy) is 1. The van der Waals surface area contributed by atoms with Gasteiger partial charge in [0, 0.05) is 6.54 Å². The predicted octanol–water partition coefficient (Wildman–Crippen LogP) is 2.21. The summed E-state index contributed by atoms with van der Waals surface area (Å²) in [5.41, 5.74) is 1.31. The monoisotopic (exact) mass is 370 g/mol. The van der Waals surface area contributed by atoms with E-state index >= 15 is 0 Å². The van der Waals surface area contributed by atoms with Gasteiger partial charge in [-0.1, -0.05) is 12.1 Å². The Balaban J connectivity index is 1.69. The first-order valence-electron chi connectivity index (χ1n) is 8.48. The molecule has 0 spiro atoms. The van der Waals surface area contributed by atoms with Gasteiger partial charge in [-0.2, -0.15) is 5.10 Å². The number of nitrogens with zero attached hydrogens (tertiary/aromatic N) is 2. The van der Waals surface area contributed by atoms with Crippen molar-refractivity contribution in [3.05, 3.63) is 51.6 Å². The molecule has 0 radical (unpaired) electrons. The van der Waals surface area contributed by atoms with E-state index < -0.39 is 5.56 Å². The van der Waals surface area contributed by atoms with Crippen LogP contribution in [0.3, 0.4) is 0 Å². The summed E-state index contributed by atoms with van der Waals surface area (Å²) < 4.78 is 10.7. The summed E-state index contributed by atoms with van der Waals surface area (Å²) in [6.45, 7) is 4.26. The quantitative estimate of drug-likeness (QED) is 0.690. The molecule has 0 saturated carbocycles. The van der Waals surface area contributed by atoms with Crippen molar-refractivity contribution in [1.82, 2.24) is 15.1 Å². The van der Waals surface area contributed by atoms with Gasteiger partial charge in [-0.05, 0) is 38.6 Å². The summed E-state index contributed by atoms with van der Waals surface area (Å²) in [4.78, 5) is 26.4. The Kier molecular flexibility index (Phi) is 5.27. The van der Waals surface area contributed by atoms with Crippen molar-refractivity contribution < 1.29 is 13.9 Å². The lowest BCUT2D eigenvalue weighted by atomic mass is 10.2. The van der Waals surface area contributed by atoms with Gasteiger partial charge in [0.2, 0.25) is 11.8 Å². The molecule has 2 N–H and O–H groups in total. The summed E-state index contributed by atoms with van der Waals surface area (Å²) >= 11 is 0. The molecule has 1 aromatic carbocycles. The smallest absolute Gasteiger partial charge is 0.277 e. The maximum Gasteiger partial charge on any atom is 0.277 e. The van der Waals surface area contributed by atoms with Crippen molar-refractivity contribution in [2.45, 2.75) is 20.4 Å². The maximum absolute atomic E-state index is 12.4. The van der Waals surface area contributed by atoms with Gasteiger partial charge in [-0.25, -0.2) is 5.10 Å². The predicted molar refractivity (Wildman–Crippen MR) is 102 cm³/mol. The van der Waals surface area contributed by atoms with Crippen LogP contribution in [0, 0.1) is 13.8 Å². The second-order valence-corrected chi connectivity index (χ2v) is 6.44. The molecule has 2 heterocycles. The average molecular weight is 370 g/mol. The fraction of sp³-hybridized carbons (Fsp3) is 0.316. The number of aromatic nitrogens is 2. The SMILES string of the molecule is COc1ccc(CN(C)CC(=O)Nc2oc(C)c3c(C)n[nH]c(=O)c23)cc1. The van der Waals surface area contributed by atoms with Crippen LogP contribution >= 0.6 is 0 Å². The Morgan fingerprint density at radius 2 is 1.96 bits per heavy atom. The van der Waals surface area contributed by atoms with Crippen molar-refractivity contribution >= 4 is 22.6 Å². The molecule has 0 saturated heterocycles. The molecule has 0 fully saturated rings. The standard InChI is InChI=1S/C19H22N4O4/c1-11-16-12(2)27-19(17(16)18(25)22-21-11)20-15(24)10-23(3)9-13-5-7-14(26-4)8-6-13/h5-8H,9-10H2,1-4H3,(H,20,24)(H,22,25). The molecule has 0 bridgehead atoms. The van der Waals surface area contributed by atoms with Crippen molar-refractivity contribution in [2.24, 2.45) is 0 Å². The van der Waals surface area contributed by atoms with Crippen molar-refractivity contribution in [1.29, 1.82) is 0 Å². The second-order valence-electron chi connectivity index (χ2n) is 6.44. The Hall–Kier alpha value is -3.13. The molecule has 2 aromatic heterocycles. The number of anilines is 1. The second kappa shape index (κ2) is 7.63. The van der Waals surface area contributed by atoms with Crippen LogP contribution in [0.2, 0.25) is 0 Å². The number of hydrogen-bond donors (Lipinski definition) is 2. The van der Waals surface area contributed by atoms with Crippen molar-refractivity contribution in [3.63, 3.8) is 0 Å².